The zero-order valence-electron chi connectivity index (χ0n) is 12.0. The molecule has 1 saturated carbocycles. The van der Waals surface area contributed by atoms with Crippen molar-refractivity contribution in [2.75, 3.05) is 18.0 Å². The summed E-state index contributed by atoms with van der Waals surface area (Å²) in [6.45, 7) is 3.92. The van der Waals surface area contributed by atoms with E-state index in [1.54, 1.807) is 0 Å². The summed E-state index contributed by atoms with van der Waals surface area (Å²) in [5.74, 6) is 0.582. The largest absolute Gasteiger partial charge is 0.368 e. The molecule has 0 amide bonds. The number of benzene rings is 1. The van der Waals surface area contributed by atoms with Crippen LogP contribution in [0.1, 0.15) is 38.2 Å². The van der Waals surface area contributed by atoms with E-state index in [1.165, 1.54) is 31.4 Å². The monoisotopic (exact) mass is 335 g/mol. The minimum Gasteiger partial charge on any atom is -0.368 e. The van der Waals surface area contributed by atoms with Gasteiger partial charge in [0.05, 0.1) is 5.56 Å². The van der Waals surface area contributed by atoms with Crippen molar-refractivity contribution in [2.24, 2.45) is 11.7 Å². The fraction of sp³-hybridized carbons (Fsp3) is 0.562. The SMILES string of the molecule is CCN(c1ccc(C#N)c(Br)c1)C1CCCCC1CN. The standard InChI is InChI=1S/C16H22BrN3/c1-2-20(16-6-4-3-5-13(16)11-19)14-8-7-12(10-18)15(17)9-14/h7-9,13,16H,2-6,11,19H2,1H3. The Labute approximate surface area is 129 Å². The molecule has 1 aromatic carbocycles. The number of hydrogen-bond acceptors (Lipinski definition) is 3. The van der Waals surface area contributed by atoms with Gasteiger partial charge in [0, 0.05) is 22.7 Å². The molecule has 1 aliphatic rings. The molecule has 4 heteroatoms. The molecule has 2 N–H and O–H groups in total. The van der Waals surface area contributed by atoms with Crippen LogP contribution in [0.5, 0.6) is 0 Å². The van der Waals surface area contributed by atoms with Gasteiger partial charge in [-0.15, -0.1) is 0 Å². The Morgan fingerprint density at radius 3 is 2.75 bits per heavy atom. The lowest BCUT2D eigenvalue weighted by Crippen LogP contribution is -2.45. The summed E-state index contributed by atoms with van der Waals surface area (Å²) in [5, 5.41) is 9.02. The van der Waals surface area contributed by atoms with E-state index < -0.39 is 0 Å². The van der Waals surface area contributed by atoms with Crippen LogP contribution in [0.2, 0.25) is 0 Å². The summed E-state index contributed by atoms with van der Waals surface area (Å²) in [7, 11) is 0. The smallest absolute Gasteiger partial charge is 0.100 e. The highest BCUT2D eigenvalue weighted by Crippen LogP contribution is 2.32. The Kier molecular flexibility index (Phi) is 5.45. The van der Waals surface area contributed by atoms with E-state index in [0.29, 0.717) is 17.5 Å². The molecule has 3 nitrogen and oxygen atoms in total. The van der Waals surface area contributed by atoms with Gasteiger partial charge in [-0.2, -0.15) is 5.26 Å². The Bertz CT molecular complexity index is 495. The van der Waals surface area contributed by atoms with Gasteiger partial charge >= 0.3 is 0 Å². The van der Waals surface area contributed by atoms with Crippen molar-refractivity contribution >= 4 is 21.6 Å². The molecule has 0 spiro atoms. The number of nitrogens with two attached hydrogens (primary N) is 1. The molecule has 2 unspecified atom stereocenters. The molecule has 2 rings (SSSR count). The highest BCUT2D eigenvalue weighted by atomic mass is 79.9. The van der Waals surface area contributed by atoms with Gasteiger partial charge in [-0.3, -0.25) is 0 Å². The minimum absolute atomic E-state index is 0.526. The van der Waals surface area contributed by atoms with Gasteiger partial charge in [0.2, 0.25) is 0 Å². The molecule has 0 bridgehead atoms. The lowest BCUT2D eigenvalue weighted by atomic mass is 9.83. The summed E-state index contributed by atoms with van der Waals surface area (Å²) in [6, 6.07) is 8.72. The molecule has 1 fully saturated rings. The van der Waals surface area contributed by atoms with Crippen molar-refractivity contribution in [3.05, 3.63) is 28.2 Å². The lowest BCUT2D eigenvalue weighted by Gasteiger charge is -2.40. The third-order valence-electron chi connectivity index (χ3n) is 4.32. The highest BCUT2D eigenvalue weighted by molar-refractivity contribution is 9.10. The summed E-state index contributed by atoms with van der Waals surface area (Å²) >= 11 is 3.49. The number of nitriles is 1. The van der Waals surface area contributed by atoms with Gasteiger partial charge in [-0.05, 0) is 66.4 Å². The Morgan fingerprint density at radius 1 is 1.40 bits per heavy atom. The maximum absolute atomic E-state index is 9.02. The van der Waals surface area contributed by atoms with Crippen LogP contribution in [-0.4, -0.2) is 19.1 Å². The number of halogens is 1. The molecule has 0 aromatic heterocycles. The first kappa shape index (κ1) is 15.3. The third kappa shape index (κ3) is 3.16. The Hall–Kier alpha value is -1.05. The van der Waals surface area contributed by atoms with Crippen molar-refractivity contribution in [3.63, 3.8) is 0 Å². The first-order chi connectivity index (χ1) is 9.71. The molecule has 0 saturated heterocycles. The van der Waals surface area contributed by atoms with Crippen LogP contribution in [0.15, 0.2) is 22.7 Å². The number of hydrogen-bond donors (Lipinski definition) is 1. The molecule has 0 aliphatic heterocycles. The average molecular weight is 336 g/mol. The molecular formula is C16H22BrN3. The van der Waals surface area contributed by atoms with Crippen LogP contribution in [-0.2, 0) is 0 Å². The van der Waals surface area contributed by atoms with Gasteiger partial charge in [0.15, 0.2) is 0 Å². The van der Waals surface area contributed by atoms with Crippen LogP contribution >= 0.6 is 15.9 Å². The van der Waals surface area contributed by atoms with E-state index in [1.807, 2.05) is 6.07 Å². The molecule has 0 radical (unpaired) electrons. The summed E-state index contributed by atoms with van der Waals surface area (Å²) in [5.41, 5.74) is 7.83. The molecule has 1 aromatic rings. The first-order valence-corrected chi connectivity index (χ1v) is 8.17. The van der Waals surface area contributed by atoms with Crippen molar-refractivity contribution in [3.8, 4) is 6.07 Å². The van der Waals surface area contributed by atoms with E-state index in [4.69, 9.17) is 11.0 Å². The van der Waals surface area contributed by atoms with E-state index in [9.17, 15) is 0 Å². The minimum atomic E-state index is 0.526. The molecule has 1 aliphatic carbocycles. The number of anilines is 1. The van der Waals surface area contributed by atoms with E-state index in [2.05, 4.69) is 46.0 Å². The van der Waals surface area contributed by atoms with Crippen molar-refractivity contribution in [2.45, 2.75) is 38.6 Å². The fourth-order valence-corrected chi connectivity index (χ4v) is 3.71. The van der Waals surface area contributed by atoms with Crippen LogP contribution in [0.3, 0.4) is 0 Å². The predicted octanol–water partition coefficient (Wildman–Crippen LogP) is 3.66. The maximum atomic E-state index is 9.02. The van der Waals surface area contributed by atoms with E-state index >= 15 is 0 Å². The summed E-state index contributed by atoms with van der Waals surface area (Å²) < 4.78 is 0.871. The van der Waals surface area contributed by atoms with Gasteiger partial charge in [-0.1, -0.05) is 12.8 Å². The Balaban J connectivity index is 2.27. The summed E-state index contributed by atoms with van der Waals surface area (Å²) in [4.78, 5) is 2.45. The first-order valence-electron chi connectivity index (χ1n) is 7.37. The normalized spacial score (nSPS) is 22.3. The zero-order chi connectivity index (χ0) is 14.5. The van der Waals surface area contributed by atoms with Crippen LogP contribution in [0.25, 0.3) is 0 Å². The molecule has 20 heavy (non-hydrogen) atoms. The highest BCUT2D eigenvalue weighted by Gasteiger charge is 2.28. The quantitative estimate of drug-likeness (QED) is 0.913. The van der Waals surface area contributed by atoms with Gasteiger partial charge in [0.1, 0.15) is 6.07 Å². The Morgan fingerprint density at radius 2 is 2.15 bits per heavy atom. The lowest BCUT2D eigenvalue weighted by molar-refractivity contribution is 0.300. The molecule has 2 atom stereocenters. The van der Waals surface area contributed by atoms with Gasteiger partial charge < -0.3 is 10.6 Å². The van der Waals surface area contributed by atoms with Gasteiger partial charge in [-0.25, -0.2) is 0 Å². The zero-order valence-corrected chi connectivity index (χ0v) is 13.6. The maximum Gasteiger partial charge on any atom is 0.100 e. The second kappa shape index (κ2) is 7.10. The van der Waals surface area contributed by atoms with Crippen molar-refractivity contribution in [1.82, 2.24) is 0 Å². The van der Waals surface area contributed by atoms with Crippen LogP contribution in [0.4, 0.5) is 5.69 Å². The van der Waals surface area contributed by atoms with Crippen molar-refractivity contribution < 1.29 is 0 Å². The average Bonchev–Trinajstić information content (AvgIpc) is 2.49. The van der Waals surface area contributed by atoms with E-state index in [-0.39, 0.29) is 0 Å². The molecule has 108 valence electrons. The number of nitrogens with zero attached hydrogens (tertiary/aromatic N) is 2. The summed E-state index contributed by atoms with van der Waals surface area (Å²) in [6.07, 6.45) is 5.03. The fourth-order valence-electron chi connectivity index (χ4n) is 3.26. The predicted molar refractivity (Wildman–Crippen MR) is 86.7 cm³/mol. The van der Waals surface area contributed by atoms with Crippen LogP contribution in [0, 0.1) is 17.2 Å². The second-order valence-electron chi connectivity index (χ2n) is 5.41. The van der Waals surface area contributed by atoms with Gasteiger partial charge in [0.25, 0.3) is 0 Å². The topological polar surface area (TPSA) is 53.0 Å². The molecule has 0 heterocycles. The molecular weight excluding hydrogens is 314 g/mol. The number of rotatable bonds is 4. The van der Waals surface area contributed by atoms with Crippen molar-refractivity contribution in [1.29, 1.82) is 5.26 Å². The van der Waals surface area contributed by atoms with Crippen LogP contribution < -0.4 is 10.6 Å². The third-order valence-corrected chi connectivity index (χ3v) is 4.97. The van der Waals surface area contributed by atoms with E-state index in [0.717, 1.165) is 17.6 Å². The second-order valence-corrected chi connectivity index (χ2v) is 6.26.